The fourth-order valence-electron chi connectivity index (χ4n) is 4.29. The lowest BCUT2D eigenvalue weighted by molar-refractivity contribution is 0.0202. The average Bonchev–Trinajstić information content (AvgIpc) is 2.71. The molecular formula is C24H29Cl2N3O5S. The van der Waals surface area contributed by atoms with E-state index in [0.717, 1.165) is 17.4 Å². The van der Waals surface area contributed by atoms with Crippen molar-refractivity contribution in [3.05, 3.63) is 62.6 Å². The van der Waals surface area contributed by atoms with Gasteiger partial charge in [0.1, 0.15) is 5.60 Å². The first-order valence-electron chi connectivity index (χ1n) is 10.9. The van der Waals surface area contributed by atoms with Gasteiger partial charge in [-0.3, -0.25) is 9.52 Å². The van der Waals surface area contributed by atoms with Crippen molar-refractivity contribution in [2.45, 2.75) is 51.2 Å². The Morgan fingerprint density at radius 2 is 1.74 bits per heavy atom. The minimum absolute atomic E-state index is 0.0276. The van der Waals surface area contributed by atoms with Crippen LogP contribution in [0.15, 0.2) is 30.3 Å². The second kappa shape index (κ2) is 9.87. The average molecular weight is 542 g/mol. The summed E-state index contributed by atoms with van der Waals surface area (Å²) in [4.78, 5) is 26.6. The molecule has 190 valence electrons. The Morgan fingerprint density at radius 3 is 2.29 bits per heavy atom. The van der Waals surface area contributed by atoms with E-state index in [0.29, 0.717) is 28.5 Å². The predicted molar refractivity (Wildman–Crippen MR) is 138 cm³/mol. The van der Waals surface area contributed by atoms with Gasteiger partial charge in [0.2, 0.25) is 10.0 Å². The number of hydrogen-bond acceptors (Lipinski definition) is 5. The normalized spacial score (nSPS) is 17.9. The number of carbonyl (C=O) groups is 2. The summed E-state index contributed by atoms with van der Waals surface area (Å²) in [5.41, 5.74) is 7.29. The van der Waals surface area contributed by atoms with Crippen LogP contribution in [0.5, 0.6) is 0 Å². The van der Waals surface area contributed by atoms with Gasteiger partial charge in [-0.2, -0.15) is 0 Å². The summed E-state index contributed by atoms with van der Waals surface area (Å²) in [6, 6.07) is 8.06. The van der Waals surface area contributed by atoms with E-state index < -0.39 is 33.7 Å². The molecule has 2 amide bonds. The fourth-order valence-corrected chi connectivity index (χ4v) is 5.16. The number of anilines is 1. The van der Waals surface area contributed by atoms with E-state index in [4.69, 9.17) is 33.7 Å². The van der Waals surface area contributed by atoms with Crippen molar-refractivity contribution >= 4 is 50.9 Å². The number of rotatable bonds is 5. The van der Waals surface area contributed by atoms with Crippen LogP contribution in [0.2, 0.25) is 10.0 Å². The minimum Gasteiger partial charge on any atom is -0.444 e. The van der Waals surface area contributed by atoms with Gasteiger partial charge in [-0.1, -0.05) is 29.3 Å². The first kappa shape index (κ1) is 27.1. The Kier molecular flexibility index (Phi) is 7.64. The quantitative estimate of drug-likeness (QED) is 0.532. The molecule has 3 N–H and O–H groups in total. The molecule has 0 saturated heterocycles. The Balaban J connectivity index is 2.20. The minimum atomic E-state index is -3.71. The van der Waals surface area contributed by atoms with Crippen molar-refractivity contribution in [1.29, 1.82) is 0 Å². The molecule has 2 aromatic carbocycles. The summed E-state index contributed by atoms with van der Waals surface area (Å²) in [5, 5.41) is 0.809. The third-order valence-electron chi connectivity index (χ3n) is 5.74. The molecule has 8 nitrogen and oxygen atoms in total. The van der Waals surface area contributed by atoms with E-state index >= 15 is 0 Å². The number of nitrogens with one attached hydrogen (secondary N) is 1. The standard InChI is InChI=1S/C24H29Cl2N3O5S/c1-24(2,3)34-23(31)29(4)21-9-7-14(13-6-8-18(25)19(26)10-13)15-11-17(22(27)30)20(12-16(15)21)28-35(5,32)33/h6,8,10-12,14,21,28H,7,9H2,1-5H3,(H2,27,30)/t14-,21-/m0/s1. The van der Waals surface area contributed by atoms with Crippen LogP contribution in [0.25, 0.3) is 0 Å². The van der Waals surface area contributed by atoms with Gasteiger partial charge in [-0.05, 0) is 74.6 Å². The zero-order valence-electron chi connectivity index (χ0n) is 20.2. The molecule has 0 bridgehead atoms. The number of carbonyl (C=O) groups excluding carboxylic acids is 2. The molecule has 2 aromatic rings. The van der Waals surface area contributed by atoms with Crippen molar-refractivity contribution in [3.63, 3.8) is 0 Å². The van der Waals surface area contributed by atoms with E-state index in [1.165, 1.54) is 4.90 Å². The lowest BCUT2D eigenvalue weighted by Gasteiger charge is -2.38. The molecule has 0 radical (unpaired) electrons. The molecule has 0 saturated carbocycles. The highest BCUT2D eigenvalue weighted by Gasteiger charge is 2.35. The van der Waals surface area contributed by atoms with Gasteiger partial charge in [0.15, 0.2) is 0 Å². The van der Waals surface area contributed by atoms with E-state index in [1.54, 1.807) is 52.1 Å². The van der Waals surface area contributed by atoms with Gasteiger partial charge in [0, 0.05) is 13.0 Å². The van der Waals surface area contributed by atoms with Crippen molar-refractivity contribution < 1.29 is 22.7 Å². The maximum Gasteiger partial charge on any atom is 0.410 e. The summed E-state index contributed by atoms with van der Waals surface area (Å²) < 4.78 is 31.9. The molecule has 1 aliphatic carbocycles. The molecule has 0 aliphatic heterocycles. The molecule has 2 atom stereocenters. The maximum atomic E-state index is 12.9. The molecule has 1 aliphatic rings. The van der Waals surface area contributed by atoms with Crippen LogP contribution in [0.1, 0.15) is 72.6 Å². The number of benzene rings is 2. The van der Waals surface area contributed by atoms with Crippen molar-refractivity contribution in [1.82, 2.24) is 4.90 Å². The molecule has 35 heavy (non-hydrogen) atoms. The highest BCUT2D eigenvalue weighted by Crippen LogP contribution is 2.46. The lowest BCUT2D eigenvalue weighted by Crippen LogP contribution is -2.38. The second-order valence-corrected chi connectivity index (χ2v) is 12.2. The zero-order valence-corrected chi connectivity index (χ0v) is 22.5. The van der Waals surface area contributed by atoms with Gasteiger partial charge < -0.3 is 15.4 Å². The molecule has 0 spiro atoms. The van der Waals surface area contributed by atoms with Gasteiger partial charge in [-0.15, -0.1) is 0 Å². The highest BCUT2D eigenvalue weighted by atomic mass is 35.5. The largest absolute Gasteiger partial charge is 0.444 e. The van der Waals surface area contributed by atoms with E-state index in [2.05, 4.69) is 4.72 Å². The summed E-state index contributed by atoms with van der Waals surface area (Å²) in [6.45, 7) is 5.34. The first-order valence-corrected chi connectivity index (χ1v) is 13.6. The molecule has 0 aromatic heterocycles. The number of nitrogens with zero attached hydrogens (tertiary/aromatic N) is 1. The molecule has 11 heteroatoms. The number of sulfonamides is 1. The van der Waals surface area contributed by atoms with Crippen LogP contribution in [-0.4, -0.2) is 44.2 Å². The topological polar surface area (TPSA) is 119 Å². The Bertz CT molecular complexity index is 1270. The Hall–Kier alpha value is -2.49. The Labute approximate surface area is 215 Å². The van der Waals surface area contributed by atoms with Crippen molar-refractivity contribution in [2.24, 2.45) is 5.73 Å². The third-order valence-corrected chi connectivity index (χ3v) is 7.07. The van der Waals surface area contributed by atoms with Crippen molar-refractivity contribution in [2.75, 3.05) is 18.0 Å². The van der Waals surface area contributed by atoms with Crippen LogP contribution in [0.3, 0.4) is 0 Å². The molecular weight excluding hydrogens is 513 g/mol. The van der Waals surface area contributed by atoms with E-state index in [1.807, 2.05) is 6.07 Å². The molecule has 0 heterocycles. The monoisotopic (exact) mass is 541 g/mol. The number of nitrogens with two attached hydrogens (primary N) is 1. The van der Waals surface area contributed by atoms with Crippen LogP contribution in [0, 0.1) is 0 Å². The highest BCUT2D eigenvalue weighted by molar-refractivity contribution is 7.92. The number of primary amides is 1. The summed E-state index contributed by atoms with van der Waals surface area (Å²) in [6.07, 6.45) is 1.65. The molecule has 0 fully saturated rings. The zero-order chi connectivity index (χ0) is 26.3. The van der Waals surface area contributed by atoms with Crippen LogP contribution in [0.4, 0.5) is 10.5 Å². The summed E-state index contributed by atoms with van der Waals surface area (Å²) in [7, 11) is -2.08. The van der Waals surface area contributed by atoms with Gasteiger partial charge in [-0.25, -0.2) is 13.2 Å². The van der Waals surface area contributed by atoms with Gasteiger partial charge >= 0.3 is 6.09 Å². The lowest BCUT2D eigenvalue weighted by atomic mass is 9.75. The van der Waals surface area contributed by atoms with Gasteiger partial charge in [0.25, 0.3) is 5.91 Å². The number of hydrogen-bond donors (Lipinski definition) is 2. The van der Waals surface area contributed by atoms with Crippen LogP contribution < -0.4 is 10.5 Å². The maximum absolute atomic E-state index is 12.9. The van der Waals surface area contributed by atoms with E-state index in [-0.39, 0.29) is 17.2 Å². The molecule has 0 unspecified atom stereocenters. The number of fused-ring (bicyclic) bond motifs is 1. The number of amides is 2. The third kappa shape index (κ3) is 6.39. The first-order chi connectivity index (χ1) is 16.1. The number of halogens is 2. The van der Waals surface area contributed by atoms with E-state index in [9.17, 15) is 18.0 Å². The van der Waals surface area contributed by atoms with Crippen LogP contribution >= 0.6 is 23.2 Å². The predicted octanol–water partition coefficient (Wildman–Crippen LogP) is 5.30. The fraction of sp³-hybridized carbons (Fsp3) is 0.417. The molecule has 3 rings (SSSR count). The summed E-state index contributed by atoms with van der Waals surface area (Å²) in [5.74, 6) is -0.970. The van der Waals surface area contributed by atoms with Crippen LogP contribution in [-0.2, 0) is 14.8 Å². The number of ether oxygens (including phenoxy) is 1. The van der Waals surface area contributed by atoms with Gasteiger partial charge in [0.05, 0.1) is 33.6 Å². The van der Waals surface area contributed by atoms with Crippen molar-refractivity contribution in [3.8, 4) is 0 Å². The SMILES string of the molecule is CN(C(=O)OC(C)(C)C)[C@H]1CC[C@@H](c2ccc(Cl)c(Cl)c2)c2cc(C(N)=O)c(NS(C)(=O)=O)cc21. The second-order valence-electron chi connectivity index (χ2n) is 9.68. The Morgan fingerprint density at radius 1 is 1.09 bits per heavy atom. The smallest absolute Gasteiger partial charge is 0.410 e. The summed E-state index contributed by atoms with van der Waals surface area (Å²) >= 11 is 12.4.